The van der Waals surface area contributed by atoms with E-state index < -0.39 is 6.10 Å². The van der Waals surface area contributed by atoms with Crippen LogP contribution in [0.5, 0.6) is 0 Å². The molecule has 98 valence electrons. The summed E-state index contributed by atoms with van der Waals surface area (Å²) in [5, 5.41) is 12.7. The summed E-state index contributed by atoms with van der Waals surface area (Å²) in [5.41, 5.74) is 1.23. The van der Waals surface area contributed by atoms with E-state index in [1.165, 1.54) is 12.8 Å². The van der Waals surface area contributed by atoms with Gasteiger partial charge in [-0.1, -0.05) is 18.9 Å². The molecule has 0 radical (unpaired) electrons. The second-order valence-corrected chi connectivity index (χ2v) is 4.99. The van der Waals surface area contributed by atoms with E-state index >= 15 is 0 Å². The maximum absolute atomic E-state index is 11.8. The van der Waals surface area contributed by atoms with E-state index in [1.54, 1.807) is 6.07 Å². The van der Waals surface area contributed by atoms with Gasteiger partial charge in [0.25, 0.3) is 5.91 Å². The van der Waals surface area contributed by atoms with Gasteiger partial charge in [0.1, 0.15) is 5.69 Å². The third-order valence-corrected chi connectivity index (χ3v) is 3.54. The summed E-state index contributed by atoms with van der Waals surface area (Å²) in [6.45, 7) is 2.17. The fraction of sp³-hybridized carbons (Fsp3) is 0.571. The molecule has 1 saturated carbocycles. The van der Waals surface area contributed by atoms with Crippen LogP contribution in [0.2, 0.25) is 0 Å². The molecule has 4 nitrogen and oxygen atoms in total. The van der Waals surface area contributed by atoms with Crippen LogP contribution in [0.25, 0.3) is 0 Å². The normalized spacial score (nSPS) is 17.7. The molecule has 1 aliphatic rings. The lowest BCUT2D eigenvalue weighted by Gasteiger charge is -2.17. The summed E-state index contributed by atoms with van der Waals surface area (Å²) in [6, 6.07) is 5.35. The van der Waals surface area contributed by atoms with Gasteiger partial charge in [-0.3, -0.25) is 4.79 Å². The number of amides is 1. The highest BCUT2D eigenvalue weighted by Gasteiger charge is 2.23. The molecule has 4 heteroatoms. The van der Waals surface area contributed by atoms with Gasteiger partial charge in [0, 0.05) is 12.2 Å². The van der Waals surface area contributed by atoms with E-state index in [0.29, 0.717) is 18.2 Å². The lowest BCUT2D eigenvalue weighted by atomic mass is 10.0. The number of hydrogen-bond donors (Lipinski definition) is 2. The number of aryl methyl sites for hydroxylation is 1. The van der Waals surface area contributed by atoms with Crippen molar-refractivity contribution >= 4 is 5.91 Å². The molecular formula is C14H20N2O2. The van der Waals surface area contributed by atoms with Gasteiger partial charge in [0.05, 0.1) is 6.10 Å². The maximum atomic E-state index is 11.8. The number of aliphatic hydroxyl groups is 1. The number of hydrogen-bond acceptors (Lipinski definition) is 3. The molecule has 1 amide bonds. The summed E-state index contributed by atoms with van der Waals surface area (Å²) in [4.78, 5) is 16.0. The van der Waals surface area contributed by atoms with Crippen molar-refractivity contribution in [3.63, 3.8) is 0 Å². The van der Waals surface area contributed by atoms with Crippen LogP contribution in [-0.2, 0) is 0 Å². The number of rotatable bonds is 4. The van der Waals surface area contributed by atoms with Gasteiger partial charge in [-0.25, -0.2) is 4.98 Å². The van der Waals surface area contributed by atoms with Crippen LogP contribution < -0.4 is 5.32 Å². The molecule has 0 aliphatic heterocycles. The number of nitrogens with zero attached hydrogens (tertiary/aromatic N) is 1. The highest BCUT2D eigenvalue weighted by atomic mass is 16.3. The first-order valence-electron chi connectivity index (χ1n) is 6.57. The fourth-order valence-corrected chi connectivity index (χ4v) is 2.47. The first kappa shape index (κ1) is 13.0. The average molecular weight is 248 g/mol. The van der Waals surface area contributed by atoms with E-state index in [2.05, 4.69) is 10.3 Å². The van der Waals surface area contributed by atoms with Crippen LogP contribution in [0.4, 0.5) is 0 Å². The fourth-order valence-electron chi connectivity index (χ4n) is 2.47. The molecule has 1 atom stereocenters. The van der Waals surface area contributed by atoms with Crippen molar-refractivity contribution in [1.82, 2.24) is 10.3 Å². The van der Waals surface area contributed by atoms with Crippen molar-refractivity contribution in [2.45, 2.75) is 38.7 Å². The number of pyridine rings is 1. The molecular weight excluding hydrogens is 228 g/mol. The minimum absolute atomic E-state index is 0.212. The Hall–Kier alpha value is -1.42. The number of carbonyl (C=O) groups is 1. The van der Waals surface area contributed by atoms with E-state index in [1.807, 2.05) is 19.1 Å². The standard InChI is InChI=1S/C14H20N2O2/c1-10-5-4-8-12(16-10)14(18)15-9-13(17)11-6-2-3-7-11/h4-5,8,11,13,17H,2-3,6-7,9H2,1H3,(H,15,18). The van der Waals surface area contributed by atoms with Crippen molar-refractivity contribution in [2.24, 2.45) is 5.92 Å². The Kier molecular flexibility index (Phi) is 4.31. The van der Waals surface area contributed by atoms with Crippen molar-refractivity contribution < 1.29 is 9.90 Å². The van der Waals surface area contributed by atoms with E-state index in [9.17, 15) is 9.90 Å². The van der Waals surface area contributed by atoms with Gasteiger partial charge in [0.2, 0.25) is 0 Å². The molecule has 0 aromatic carbocycles. The van der Waals surface area contributed by atoms with Crippen molar-refractivity contribution in [3.05, 3.63) is 29.6 Å². The smallest absolute Gasteiger partial charge is 0.269 e. The second-order valence-electron chi connectivity index (χ2n) is 4.99. The third kappa shape index (κ3) is 3.29. The molecule has 0 spiro atoms. The molecule has 1 fully saturated rings. The number of aliphatic hydroxyl groups excluding tert-OH is 1. The largest absolute Gasteiger partial charge is 0.391 e. The van der Waals surface area contributed by atoms with Gasteiger partial charge in [0.15, 0.2) is 0 Å². The Morgan fingerprint density at radius 3 is 2.89 bits per heavy atom. The van der Waals surface area contributed by atoms with E-state index in [-0.39, 0.29) is 5.91 Å². The van der Waals surface area contributed by atoms with Gasteiger partial charge in [-0.2, -0.15) is 0 Å². The highest BCUT2D eigenvalue weighted by Crippen LogP contribution is 2.27. The first-order chi connectivity index (χ1) is 8.66. The monoisotopic (exact) mass is 248 g/mol. The second kappa shape index (κ2) is 5.96. The van der Waals surface area contributed by atoms with E-state index in [4.69, 9.17) is 0 Å². The SMILES string of the molecule is Cc1cccc(C(=O)NCC(O)C2CCCC2)n1. The Labute approximate surface area is 107 Å². The zero-order chi connectivity index (χ0) is 13.0. The lowest BCUT2D eigenvalue weighted by molar-refractivity contribution is 0.0836. The predicted octanol–water partition coefficient (Wildman–Crippen LogP) is 1.67. The lowest BCUT2D eigenvalue weighted by Crippen LogP contribution is -2.36. The molecule has 1 unspecified atom stereocenters. The minimum atomic E-state index is -0.429. The average Bonchev–Trinajstić information content (AvgIpc) is 2.89. The Morgan fingerprint density at radius 1 is 1.50 bits per heavy atom. The molecule has 1 aliphatic carbocycles. The topological polar surface area (TPSA) is 62.2 Å². The van der Waals surface area contributed by atoms with Crippen molar-refractivity contribution in [2.75, 3.05) is 6.54 Å². The third-order valence-electron chi connectivity index (χ3n) is 3.54. The van der Waals surface area contributed by atoms with Crippen LogP contribution >= 0.6 is 0 Å². The molecule has 0 saturated heterocycles. The molecule has 2 N–H and O–H groups in total. The van der Waals surface area contributed by atoms with Crippen LogP contribution in [0.15, 0.2) is 18.2 Å². The zero-order valence-electron chi connectivity index (χ0n) is 10.7. The predicted molar refractivity (Wildman–Crippen MR) is 69.3 cm³/mol. The van der Waals surface area contributed by atoms with Gasteiger partial charge < -0.3 is 10.4 Å². The molecule has 2 rings (SSSR count). The molecule has 0 bridgehead atoms. The number of carbonyl (C=O) groups excluding carboxylic acids is 1. The number of nitrogens with one attached hydrogen (secondary N) is 1. The summed E-state index contributed by atoms with van der Waals surface area (Å²) in [6.07, 6.45) is 4.09. The summed E-state index contributed by atoms with van der Waals surface area (Å²) in [5.74, 6) is 0.131. The van der Waals surface area contributed by atoms with Gasteiger partial charge in [-0.15, -0.1) is 0 Å². The molecule has 18 heavy (non-hydrogen) atoms. The van der Waals surface area contributed by atoms with Crippen molar-refractivity contribution in [3.8, 4) is 0 Å². The quantitative estimate of drug-likeness (QED) is 0.852. The highest BCUT2D eigenvalue weighted by molar-refractivity contribution is 5.92. The minimum Gasteiger partial charge on any atom is -0.391 e. The molecule has 1 aromatic heterocycles. The summed E-state index contributed by atoms with van der Waals surface area (Å²) >= 11 is 0. The zero-order valence-corrected chi connectivity index (χ0v) is 10.7. The Bertz CT molecular complexity index is 414. The molecule has 1 aromatic rings. The Morgan fingerprint density at radius 2 is 2.22 bits per heavy atom. The van der Waals surface area contributed by atoms with E-state index in [0.717, 1.165) is 18.5 Å². The molecule has 1 heterocycles. The van der Waals surface area contributed by atoms with Crippen molar-refractivity contribution in [1.29, 1.82) is 0 Å². The number of aromatic nitrogens is 1. The van der Waals surface area contributed by atoms with Crippen LogP contribution in [0.3, 0.4) is 0 Å². The maximum Gasteiger partial charge on any atom is 0.269 e. The van der Waals surface area contributed by atoms with Crippen LogP contribution in [0.1, 0.15) is 41.9 Å². The van der Waals surface area contributed by atoms with Crippen LogP contribution in [0, 0.1) is 12.8 Å². The van der Waals surface area contributed by atoms with Gasteiger partial charge >= 0.3 is 0 Å². The summed E-state index contributed by atoms with van der Waals surface area (Å²) in [7, 11) is 0. The Balaban J connectivity index is 1.84. The van der Waals surface area contributed by atoms with Gasteiger partial charge in [-0.05, 0) is 37.8 Å². The first-order valence-corrected chi connectivity index (χ1v) is 6.57. The summed E-state index contributed by atoms with van der Waals surface area (Å²) < 4.78 is 0. The van der Waals surface area contributed by atoms with Crippen LogP contribution in [-0.4, -0.2) is 28.6 Å².